The lowest BCUT2D eigenvalue weighted by atomic mass is 10.1. The van der Waals surface area contributed by atoms with E-state index in [0.29, 0.717) is 5.69 Å². The van der Waals surface area contributed by atoms with Crippen molar-refractivity contribution in [1.82, 2.24) is 9.97 Å². The van der Waals surface area contributed by atoms with Gasteiger partial charge in [-0.15, -0.1) is 0 Å². The van der Waals surface area contributed by atoms with Crippen molar-refractivity contribution in [2.24, 2.45) is 0 Å². The fourth-order valence-corrected chi connectivity index (χ4v) is 1.43. The standard InChI is InChI=1S/C13H12N2O2/c1-9-3-5-10(6-4-9)11-7-8-14-12(15-11)13(16)17-2/h3-8H,1-2H3. The Morgan fingerprint density at radius 2 is 1.88 bits per heavy atom. The van der Waals surface area contributed by atoms with E-state index < -0.39 is 5.97 Å². The van der Waals surface area contributed by atoms with Crippen molar-refractivity contribution in [3.63, 3.8) is 0 Å². The van der Waals surface area contributed by atoms with E-state index in [2.05, 4.69) is 14.7 Å². The first kappa shape index (κ1) is 11.3. The van der Waals surface area contributed by atoms with Crippen LogP contribution in [0.5, 0.6) is 0 Å². The molecule has 0 radical (unpaired) electrons. The van der Waals surface area contributed by atoms with Crippen molar-refractivity contribution < 1.29 is 9.53 Å². The monoisotopic (exact) mass is 228 g/mol. The highest BCUT2D eigenvalue weighted by Crippen LogP contribution is 2.16. The molecule has 0 aliphatic carbocycles. The predicted molar refractivity (Wildman–Crippen MR) is 63.5 cm³/mol. The molecule has 1 aromatic heterocycles. The number of rotatable bonds is 2. The van der Waals surface area contributed by atoms with E-state index in [1.807, 2.05) is 31.2 Å². The van der Waals surface area contributed by atoms with Crippen molar-refractivity contribution in [2.75, 3.05) is 7.11 Å². The molecule has 2 rings (SSSR count). The van der Waals surface area contributed by atoms with Gasteiger partial charge in [0.15, 0.2) is 0 Å². The first-order chi connectivity index (χ1) is 8.20. The Hall–Kier alpha value is -2.23. The molecule has 0 aliphatic rings. The van der Waals surface area contributed by atoms with Crippen LogP contribution >= 0.6 is 0 Å². The van der Waals surface area contributed by atoms with Gasteiger partial charge in [0.1, 0.15) is 0 Å². The van der Waals surface area contributed by atoms with Crippen LogP contribution in [0.4, 0.5) is 0 Å². The van der Waals surface area contributed by atoms with Crippen LogP contribution < -0.4 is 0 Å². The molecular weight excluding hydrogens is 216 g/mol. The summed E-state index contributed by atoms with van der Waals surface area (Å²) in [4.78, 5) is 19.3. The summed E-state index contributed by atoms with van der Waals surface area (Å²) in [6, 6.07) is 9.67. The third kappa shape index (κ3) is 2.47. The van der Waals surface area contributed by atoms with E-state index in [0.717, 1.165) is 5.56 Å². The Bertz CT molecular complexity index is 535. The maximum atomic E-state index is 11.3. The quantitative estimate of drug-likeness (QED) is 0.740. The summed E-state index contributed by atoms with van der Waals surface area (Å²) < 4.78 is 4.58. The molecule has 0 saturated heterocycles. The fraction of sp³-hybridized carbons (Fsp3) is 0.154. The highest BCUT2D eigenvalue weighted by molar-refractivity contribution is 5.85. The van der Waals surface area contributed by atoms with Gasteiger partial charge in [-0.05, 0) is 13.0 Å². The van der Waals surface area contributed by atoms with Crippen LogP contribution in [0.3, 0.4) is 0 Å². The van der Waals surface area contributed by atoms with Gasteiger partial charge in [0, 0.05) is 11.8 Å². The van der Waals surface area contributed by atoms with Crippen molar-refractivity contribution in [3.8, 4) is 11.3 Å². The minimum Gasteiger partial charge on any atom is -0.463 e. The molecule has 0 fully saturated rings. The Morgan fingerprint density at radius 1 is 1.18 bits per heavy atom. The molecule has 1 heterocycles. The van der Waals surface area contributed by atoms with Crippen LogP contribution in [0.15, 0.2) is 36.5 Å². The van der Waals surface area contributed by atoms with Crippen LogP contribution in [0.25, 0.3) is 11.3 Å². The lowest BCUT2D eigenvalue weighted by Crippen LogP contribution is -2.07. The number of esters is 1. The molecule has 2 aromatic rings. The number of methoxy groups -OCH3 is 1. The molecule has 0 aliphatic heterocycles. The van der Waals surface area contributed by atoms with Gasteiger partial charge in [-0.3, -0.25) is 0 Å². The maximum Gasteiger partial charge on any atom is 0.376 e. The lowest BCUT2D eigenvalue weighted by Gasteiger charge is -2.03. The molecule has 4 heteroatoms. The van der Waals surface area contributed by atoms with Crippen molar-refractivity contribution in [3.05, 3.63) is 47.9 Å². The largest absolute Gasteiger partial charge is 0.463 e. The van der Waals surface area contributed by atoms with E-state index in [4.69, 9.17) is 0 Å². The summed E-state index contributed by atoms with van der Waals surface area (Å²) in [6.07, 6.45) is 1.55. The first-order valence-electron chi connectivity index (χ1n) is 5.19. The van der Waals surface area contributed by atoms with Crippen LogP contribution in [-0.2, 0) is 4.74 Å². The molecule has 4 nitrogen and oxygen atoms in total. The number of carbonyl (C=O) groups excluding carboxylic acids is 1. The Morgan fingerprint density at radius 3 is 2.53 bits per heavy atom. The SMILES string of the molecule is COC(=O)c1nccc(-c2ccc(C)cc2)n1. The van der Waals surface area contributed by atoms with Crippen LogP contribution in [0.1, 0.15) is 16.2 Å². The summed E-state index contributed by atoms with van der Waals surface area (Å²) in [5.74, 6) is -0.454. The summed E-state index contributed by atoms with van der Waals surface area (Å²) in [7, 11) is 1.31. The van der Waals surface area contributed by atoms with Crippen LogP contribution in [0, 0.1) is 6.92 Å². The molecule has 0 bridgehead atoms. The maximum absolute atomic E-state index is 11.3. The van der Waals surface area contributed by atoms with Gasteiger partial charge in [0.25, 0.3) is 0 Å². The zero-order valence-corrected chi connectivity index (χ0v) is 9.68. The Kier molecular flexibility index (Phi) is 3.14. The summed E-state index contributed by atoms with van der Waals surface area (Å²) in [5.41, 5.74) is 2.83. The van der Waals surface area contributed by atoms with Gasteiger partial charge in [0.05, 0.1) is 12.8 Å². The summed E-state index contributed by atoms with van der Waals surface area (Å²) in [5, 5.41) is 0. The molecule has 0 amide bonds. The van der Waals surface area contributed by atoms with E-state index in [1.54, 1.807) is 12.3 Å². The summed E-state index contributed by atoms with van der Waals surface area (Å²) in [6.45, 7) is 2.02. The minimum absolute atomic E-state index is 0.0746. The third-order valence-electron chi connectivity index (χ3n) is 2.37. The second-order valence-corrected chi connectivity index (χ2v) is 3.62. The van der Waals surface area contributed by atoms with Crippen molar-refractivity contribution in [1.29, 1.82) is 0 Å². The van der Waals surface area contributed by atoms with E-state index in [-0.39, 0.29) is 5.82 Å². The summed E-state index contributed by atoms with van der Waals surface area (Å²) >= 11 is 0. The van der Waals surface area contributed by atoms with Gasteiger partial charge in [-0.1, -0.05) is 29.8 Å². The van der Waals surface area contributed by atoms with E-state index >= 15 is 0 Å². The zero-order chi connectivity index (χ0) is 12.3. The van der Waals surface area contributed by atoms with Crippen molar-refractivity contribution in [2.45, 2.75) is 6.92 Å². The molecule has 1 aromatic carbocycles. The second-order valence-electron chi connectivity index (χ2n) is 3.62. The van der Waals surface area contributed by atoms with Crippen molar-refractivity contribution >= 4 is 5.97 Å². The van der Waals surface area contributed by atoms with E-state index in [9.17, 15) is 4.79 Å². The van der Waals surface area contributed by atoms with Gasteiger partial charge < -0.3 is 4.74 Å². The molecule has 0 atom stereocenters. The average molecular weight is 228 g/mol. The molecule has 0 unspecified atom stereocenters. The predicted octanol–water partition coefficient (Wildman–Crippen LogP) is 2.24. The number of carbonyl (C=O) groups is 1. The van der Waals surface area contributed by atoms with Crippen LogP contribution in [0.2, 0.25) is 0 Å². The highest BCUT2D eigenvalue weighted by atomic mass is 16.5. The number of nitrogens with zero attached hydrogens (tertiary/aromatic N) is 2. The lowest BCUT2D eigenvalue weighted by molar-refractivity contribution is 0.0587. The smallest absolute Gasteiger partial charge is 0.376 e. The normalized spacial score (nSPS) is 10.0. The molecule has 0 saturated carbocycles. The Balaban J connectivity index is 2.39. The highest BCUT2D eigenvalue weighted by Gasteiger charge is 2.10. The van der Waals surface area contributed by atoms with Gasteiger partial charge >= 0.3 is 5.97 Å². The number of aryl methyl sites for hydroxylation is 1. The molecular formula is C13H12N2O2. The topological polar surface area (TPSA) is 52.1 Å². The number of ether oxygens (including phenoxy) is 1. The second kappa shape index (κ2) is 4.74. The number of aromatic nitrogens is 2. The Labute approximate surface area is 99.3 Å². The fourth-order valence-electron chi connectivity index (χ4n) is 1.43. The van der Waals surface area contributed by atoms with Crippen LogP contribution in [-0.4, -0.2) is 23.0 Å². The molecule has 0 N–H and O–H groups in total. The van der Waals surface area contributed by atoms with E-state index in [1.165, 1.54) is 12.7 Å². The van der Waals surface area contributed by atoms with Gasteiger partial charge in [0.2, 0.25) is 5.82 Å². The number of hydrogen-bond acceptors (Lipinski definition) is 4. The molecule has 0 spiro atoms. The number of hydrogen-bond donors (Lipinski definition) is 0. The minimum atomic E-state index is -0.529. The molecule has 17 heavy (non-hydrogen) atoms. The molecule has 86 valence electrons. The van der Waals surface area contributed by atoms with Gasteiger partial charge in [-0.25, -0.2) is 14.8 Å². The zero-order valence-electron chi connectivity index (χ0n) is 9.68. The van der Waals surface area contributed by atoms with Gasteiger partial charge in [-0.2, -0.15) is 0 Å². The third-order valence-corrected chi connectivity index (χ3v) is 2.37. The average Bonchev–Trinajstić information content (AvgIpc) is 2.39. The number of benzene rings is 1. The first-order valence-corrected chi connectivity index (χ1v) is 5.19.